The topological polar surface area (TPSA) is 95.1 Å². The van der Waals surface area contributed by atoms with Crippen LogP contribution in [0.5, 0.6) is 5.75 Å². The van der Waals surface area contributed by atoms with Crippen molar-refractivity contribution < 1.29 is 13.9 Å². The summed E-state index contributed by atoms with van der Waals surface area (Å²) in [5, 5.41) is 10.1. The predicted molar refractivity (Wildman–Crippen MR) is 69.5 cm³/mol. The Bertz CT molecular complexity index is 614. The summed E-state index contributed by atoms with van der Waals surface area (Å²) in [7, 11) is 1.37. The highest BCUT2D eigenvalue weighted by atomic mass is 19.1. The fraction of sp³-hybridized carbons (Fsp3) is 0.250. The Balaban J connectivity index is 1.99. The number of rotatable bonds is 5. The molecule has 0 saturated heterocycles. The molecule has 8 heteroatoms. The third-order valence-corrected chi connectivity index (χ3v) is 2.54. The lowest BCUT2D eigenvalue weighted by Gasteiger charge is -2.07. The van der Waals surface area contributed by atoms with E-state index < -0.39 is 5.82 Å². The molecule has 0 fully saturated rings. The van der Waals surface area contributed by atoms with Crippen molar-refractivity contribution in [1.82, 2.24) is 15.0 Å². The predicted octanol–water partition coefficient (Wildman–Crippen LogP) is 0.523. The Labute approximate surface area is 114 Å². The number of aromatic nitrogens is 3. The van der Waals surface area contributed by atoms with Gasteiger partial charge in [0.1, 0.15) is 6.54 Å². The molecule has 0 atom stereocenters. The molecule has 2 rings (SSSR count). The van der Waals surface area contributed by atoms with Crippen molar-refractivity contribution in [3.8, 4) is 5.75 Å². The van der Waals surface area contributed by atoms with Gasteiger partial charge in [0.05, 0.1) is 19.0 Å². The van der Waals surface area contributed by atoms with Gasteiger partial charge in [-0.1, -0.05) is 5.21 Å². The maximum Gasteiger partial charge on any atom is 0.246 e. The molecule has 7 nitrogen and oxygen atoms in total. The Kier molecular flexibility index (Phi) is 4.26. The van der Waals surface area contributed by atoms with Crippen molar-refractivity contribution in [1.29, 1.82) is 0 Å². The van der Waals surface area contributed by atoms with Gasteiger partial charge >= 0.3 is 0 Å². The van der Waals surface area contributed by atoms with E-state index in [-0.39, 0.29) is 24.7 Å². The van der Waals surface area contributed by atoms with E-state index in [1.54, 1.807) is 12.3 Å². The molecule has 2 aromatic rings. The van der Waals surface area contributed by atoms with Crippen molar-refractivity contribution >= 4 is 11.6 Å². The van der Waals surface area contributed by atoms with E-state index in [9.17, 15) is 9.18 Å². The number of nitrogens with two attached hydrogens (primary N) is 1. The highest BCUT2D eigenvalue weighted by molar-refractivity contribution is 5.90. The van der Waals surface area contributed by atoms with E-state index in [4.69, 9.17) is 10.5 Å². The first-order valence-corrected chi connectivity index (χ1v) is 5.85. The Hall–Kier alpha value is -2.48. The summed E-state index contributed by atoms with van der Waals surface area (Å²) in [4.78, 5) is 11.8. The molecule has 0 bridgehead atoms. The van der Waals surface area contributed by atoms with Gasteiger partial charge in [-0.3, -0.25) is 4.79 Å². The lowest BCUT2D eigenvalue weighted by molar-refractivity contribution is -0.116. The van der Waals surface area contributed by atoms with Gasteiger partial charge in [-0.15, -0.1) is 5.10 Å². The summed E-state index contributed by atoms with van der Waals surface area (Å²) in [6.07, 6.45) is 1.58. The highest BCUT2D eigenvalue weighted by Crippen LogP contribution is 2.20. The number of methoxy groups -OCH3 is 1. The van der Waals surface area contributed by atoms with Crippen LogP contribution in [0.3, 0.4) is 0 Å². The smallest absolute Gasteiger partial charge is 0.246 e. The van der Waals surface area contributed by atoms with Crippen LogP contribution in [-0.2, 0) is 17.9 Å². The zero-order valence-electron chi connectivity index (χ0n) is 10.8. The molecule has 0 aliphatic heterocycles. The number of carbonyl (C=O) groups excluding carboxylic acids is 1. The third kappa shape index (κ3) is 3.29. The van der Waals surface area contributed by atoms with E-state index in [1.807, 2.05) is 0 Å². The van der Waals surface area contributed by atoms with Crippen LogP contribution in [0.25, 0.3) is 0 Å². The van der Waals surface area contributed by atoms with Gasteiger partial charge in [0.25, 0.3) is 0 Å². The average Bonchev–Trinajstić information content (AvgIpc) is 2.86. The number of nitrogens with zero attached hydrogens (tertiary/aromatic N) is 3. The average molecular weight is 279 g/mol. The molecule has 0 radical (unpaired) electrons. The largest absolute Gasteiger partial charge is 0.494 e. The first-order valence-electron chi connectivity index (χ1n) is 5.85. The highest BCUT2D eigenvalue weighted by Gasteiger charge is 2.08. The number of hydrogen-bond acceptors (Lipinski definition) is 5. The van der Waals surface area contributed by atoms with Crippen LogP contribution in [0.1, 0.15) is 5.69 Å². The van der Waals surface area contributed by atoms with Gasteiger partial charge in [-0.25, -0.2) is 9.07 Å². The Morgan fingerprint density at radius 1 is 1.55 bits per heavy atom. The molecule has 1 amide bonds. The maximum absolute atomic E-state index is 13.5. The van der Waals surface area contributed by atoms with Crippen LogP contribution < -0.4 is 15.8 Å². The second kappa shape index (κ2) is 6.11. The number of nitrogens with one attached hydrogen (secondary N) is 1. The maximum atomic E-state index is 13.5. The first kappa shape index (κ1) is 13.9. The van der Waals surface area contributed by atoms with Crippen molar-refractivity contribution in [2.45, 2.75) is 13.1 Å². The lowest BCUT2D eigenvalue weighted by atomic mass is 10.3. The summed E-state index contributed by atoms with van der Waals surface area (Å²) < 4.78 is 19.6. The number of ether oxygens (including phenoxy) is 1. The summed E-state index contributed by atoms with van der Waals surface area (Å²) in [5.41, 5.74) is 6.32. The molecule has 0 spiro atoms. The van der Waals surface area contributed by atoms with Gasteiger partial charge in [0.15, 0.2) is 11.6 Å². The normalized spacial score (nSPS) is 10.3. The van der Waals surface area contributed by atoms with Crippen LogP contribution in [0, 0.1) is 5.82 Å². The molecule has 0 unspecified atom stereocenters. The van der Waals surface area contributed by atoms with Gasteiger partial charge in [-0.2, -0.15) is 0 Å². The molecule has 1 aromatic heterocycles. The van der Waals surface area contributed by atoms with Crippen LogP contribution in [0.15, 0.2) is 24.4 Å². The van der Waals surface area contributed by atoms with E-state index in [0.717, 1.165) is 0 Å². The monoisotopic (exact) mass is 279 g/mol. The number of hydrogen-bond donors (Lipinski definition) is 2. The molecule has 20 heavy (non-hydrogen) atoms. The fourth-order valence-electron chi connectivity index (χ4n) is 1.60. The molecule has 0 saturated carbocycles. The Morgan fingerprint density at radius 2 is 2.35 bits per heavy atom. The number of halogens is 1. The van der Waals surface area contributed by atoms with Crippen LogP contribution >= 0.6 is 0 Å². The molecule has 0 aliphatic carbocycles. The van der Waals surface area contributed by atoms with Crippen LogP contribution in [-0.4, -0.2) is 28.0 Å². The van der Waals surface area contributed by atoms with Crippen molar-refractivity contribution in [3.05, 3.63) is 35.9 Å². The van der Waals surface area contributed by atoms with Crippen LogP contribution in [0.2, 0.25) is 0 Å². The quantitative estimate of drug-likeness (QED) is 0.832. The summed E-state index contributed by atoms with van der Waals surface area (Å²) in [5.74, 6) is -0.772. The molecule has 0 aliphatic rings. The third-order valence-electron chi connectivity index (χ3n) is 2.54. The second-order valence-electron chi connectivity index (χ2n) is 4.01. The molecule has 3 N–H and O–H groups in total. The van der Waals surface area contributed by atoms with Gasteiger partial charge < -0.3 is 15.8 Å². The summed E-state index contributed by atoms with van der Waals surface area (Å²) in [6.45, 7) is 0.228. The molecular formula is C12H14FN5O2. The SMILES string of the molecule is COc1ccc(NC(=O)Cn2cc(CN)nn2)cc1F. The van der Waals surface area contributed by atoms with E-state index >= 15 is 0 Å². The first-order chi connectivity index (χ1) is 9.62. The lowest BCUT2D eigenvalue weighted by Crippen LogP contribution is -2.19. The van der Waals surface area contributed by atoms with E-state index in [1.165, 1.54) is 23.9 Å². The Morgan fingerprint density at radius 3 is 2.95 bits per heavy atom. The van der Waals surface area contributed by atoms with Crippen molar-refractivity contribution in [2.24, 2.45) is 5.73 Å². The van der Waals surface area contributed by atoms with Gasteiger partial charge in [0.2, 0.25) is 5.91 Å². The van der Waals surface area contributed by atoms with Crippen molar-refractivity contribution in [3.63, 3.8) is 0 Å². The van der Waals surface area contributed by atoms with Gasteiger partial charge in [0, 0.05) is 18.3 Å². The minimum Gasteiger partial charge on any atom is -0.494 e. The fourth-order valence-corrected chi connectivity index (χ4v) is 1.60. The second-order valence-corrected chi connectivity index (χ2v) is 4.01. The van der Waals surface area contributed by atoms with Gasteiger partial charge in [-0.05, 0) is 12.1 Å². The minimum absolute atomic E-state index is 0.0271. The standard InChI is InChI=1S/C12H14FN5O2/c1-20-11-3-2-8(4-10(11)13)15-12(19)7-18-6-9(5-14)16-17-18/h2-4,6H,5,7,14H2,1H3,(H,15,19). The van der Waals surface area contributed by atoms with Crippen molar-refractivity contribution in [2.75, 3.05) is 12.4 Å². The zero-order chi connectivity index (χ0) is 14.5. The molecule has 106 valence electrons. The number of anilines is 1. The molecule has 1 aromatic carbocycles. The summed E-state index contributed by atoms with van der Waals surface area (Å²) in [6, 6.07) is 4.17. The minimum atomic E-state index is -0.545. The van der Waals surface area contributed by atoms with E-state index in [0.29, 0.717) is 11.4 Å². The number of amides is 1. The molecule has 1 heterocycles. The number of carbonyl (C=O) groups is 1. The zero-order valence-corrected chi connectivity index (χ0v) is 10.8. The number of benzene rings is 1. The van der Waals surface area contributed by atoms with E-state index in [2.05, 4.69) is 15.6 Å². The summed E-state index contributed by atoms with van der Waals surface area (Å²) >= 11 is 0. The van der Waals surface area contributed by atoms with Crippen LogP contribution in [0.4, 0.5) is 10.1 Å². The molecular weight excluding hydrogens is 265 g/mol.